The molecule has 2 aromatic heterocycles. The second-order valence-corrected chi connectivity index (χ2v) is 8.57. The van der Waals surface area contributed by atoms with Gasteiger partial charge in [-0.2, -0.15) is 0 Å². The second-order valence-electron chi connectivity index (χ2n) is 7.62. The van der Waals surface area contributed by atoms with Gasteiger partial charge in [-0.25, -0.2) is 4.79 Å². The molecule has 1 amide bonds. The van der Waals surface area contributed by atoms with Gasteiger partial charge in [-0.15, -0.1) is 11.3 Å². The number of nitrogens with zero attached hydrogens (tertiary/aromatic N) is 2. The van der Waals surface area contributed by atoms with Crippen molar-refractivity contribution in [3.05, 3.63) is 45.4 Å². The van der Waals surface area contributed by atoms with E-state index in [0.29, 0.717) is 30.0 Å². The van der Waals surface area contributed by atoms with Crippen LogP contribution in [0.3, 0.4) is 0 Å². The fraction of sp³-hybridized carbons (Fsp3) is 0.500. The Morgan fingerprint density at radius 1 is 1.30 bits per heavy atom. The maximum absolute atomic E-state index is 12.7. The monoisotopic (exact) mass is 432 g/mol. The Hall–Kier alpha value is -2.45. The van der Waals surface area contributed by atoms with Crippen LogP contribution in [0.5, 0.6) is 0 Å². The number of rotatable bonds is 8. The molecule has 0 unspecified atom stereocenters. The van der Waals surface area contributed by atoms with Gasteiger partial charge in [-0.3, -0.25) is 9.59 Å². The van der Waals surface area contributed by atoms with Gasteiger partial charge in [0.15, 0.2) is 6.61 Å². The van der Waals surface area contributed by atoms with Crippen molar-refractivity contribution in [2.24, 2.45) is 0 Å². The molecule has 2 atom stereocenters. The van der Waals surface area contributed by atoms with Crippen molar-refractivity contribution in [3.8, 4) is 0 Å². The minimum absolute atomic E-state index is 0.0920. The molecule has 0 aromatic carbocycles. The number of aryl methyl sites for hydroxylation is 1. The summed E-state index contributed by atoms with van der Waals surface area (Å²) in [5, 5.41) is 1.83. The van der Waals surface area contributed by atoms with E-state index in [4.69, 9.17) is 9.47 Å². The van der Waals surface area contributed by atoms with Crippen molar-refractivity contribution in [1.82, 2.24) is 9.47 Å². The van der Waals surface area contributed by atoms with Gasteiger partial charge >= 0.3 is 5.97 Å². The van der Waals surface area contributed by atoms with Crippen molar-refractivity contribution in [2.75, 3.05) is 26.9 Å². The van der Waals surface area contributed by atoms with Crippen molar-refractivity contribution in [3.63, 3.8) is 0 Å². The predicted molar refractivity (Wildman–Crippen MR) is 114 cm³/mol. The summed E-state index contributed by atoms with van der Waals surface area (Å²) < 4.78 is 12.6. The summed E-state index contributed by atoms with van der Waals surface area (Å²) in [5.41, 5.74) is 2.32. The number of carbonyl (C=O) groups is 3. The van der Waals surface area contributed by atoms with Gasteiger partial charge in [0, 0.05) is 30.6 Å². The molecule has 0 saturated carbocycles. The van der Waals surface area contributed by atoms with Gasteiger partial charge in [0.1, 0.15) is 6.04 Å². The van der Waals surface area contributed by atoms with E-state index in [2.05, 4.69) is 4.57 Å². The summed E-state index contributed by atoms with van der Waals surface area (Å²) in [6, 6.07) is 4.83. The largest absolute Gasteiger partial charge is 0.456 e. The number of Topliss-reactive ketones (excluding diaryl/α,β-unsaturated/α-hetero) is 1. The number of ketones is 1. The first kappa shape index (κ1) is 22.2. The minimum Gasteiger partial charge on any atom is -0.456 e. The number of thiophene rings is 1. The summed E-state index contributed by atoms with van der Waals surface area (Å²) in [6.45, 7) is 6.56. The van der Waals surface area contributed by atoms with E-state index >= 15 is 0 Å². The molecule has 0 aliphatic carbocycles. The molecule has 0 N–H and O–H groups in total. The first-order valence-electron chi connectivity index (χ1n) is 10.1. The topological polar surface area (TPSA) is 77.8 Å². The third-order valence-electron chi connectivity index (χ3n) is 5.50. The zero-order valence-corrected chi connectivity index (χ0v) is 18.7. The quantitative estimate of drug-likeness (QED) is 0.472. The van der Waals surface area contributed by atoms with Crippen LogP contribution in [0.1, 0.15) is 57.2 Å². The fourth-order valence-corrected chi connectivity index (χ4v) is 4.84. The van der Waals surface area contributed by atoms with E-state index in [0.717, 1.165) is 17.8 Å². The van der Waals surface area contributed by atoms with Gasteiger partial charge in [0.2, 0.25) is 5.78 Å². The first-order chi connectivity index (χ1) is 14.3. The molecule has 8 heteroatoms. The molecular weight excluding hydrogens is 404 g/mol. The first-order valence-corrected chi connectivity index (χ1v) is 10.9. The summed E-state index contributed by atoms with van der Waals surface area (Å²) in [7, 11) is 1.64. The summed E-state index contributed by atoms with van der Waals surface area (Å²) >= 11 is 1.35. The molecule has 2 aromatic rings. The number of likely N-dealkylation sites (tertiary alicyclic amines) is 1. The molecular formula is C22H28N2O5S. The lowest BCUT2D eigenvalue weighted by atomic mass is 10.1. The van der Waals surface area contributed by atoms with Crippen molar-refractivity contribution < 1.29 is 23.9 Å². The molecule has 3 heterocycles. The lowest BCUT2D eigenvalue weighted by molar-refractivity contribution is -0.147. The zero-order valence-electron chi connectivity index (χ0n) is 17.8. The van der Waals surface area contributed by atoms with Gasteiger partial charge < -0.3 is 18.9 Å². The summed E-state index contributed by atoms with van der Waals surface area (Å²) in [5.74, 6) is -0.930. The number of amides is 1. The van der Waals surface area contributed by atoms with Crippen LogP contribution in [0.2, 0.25) is 0 Å². The van der Waals surface area contributed by atoms with Gasteiger partial charge in [0.25, 0.3) is 5.91 Å². The maximum atomic E-state index is 12.7. The van der Waals surface area contributed by atoms with Crippen molar-refractivity contribution in [2.45, 2.75) is 45.7 Å². The molecule has 1 saturated heterocycles. The standard InChI is InChI=1S/C22H28N2O5S/c1-14-11-17(16(3)24(14)15(2)12-28-4)19(25)13-29-22(27)18-7-5-9-23(18)21(26)20-8-6-10-30-20/h6,8,10-11,15,18H,5,7,9,12-13H2,1-4H3/t15-,18-/m1/s1. The molecule has 30 heavy (non-hydrogen) atoms. The molecule has 3 rings (SSSR count). The number of esters is 1. The molecule has 1 fully saturated rings. The van der Waals surface area contributed by atoms with Crippen LogP contribution in [0, 0.1) is 13.8 Å². The molecule has 1 aliphatic rings. The van der Waals surface area contributed by atoms with Crippen molar-refractivity contribution >= 4 is 29.0 Å². The number of methoxy groups -OCH3 is 1. The Morgan fingerprint density at radius 2 is 2.07 bits per heavy atom. The van der Waals surface area contributed by atoms with Crippen LogP contribution >= 0.6 is 11.3 Å². The highest BCUT2D eigenvalue weighted by Gasteiger charge is 2.36. The lowest BCUT2D eigenvalue weighted by Gasteiger charge is -2.22. The van der Waals surface area contributed by atoms with E-state index in [1.54, 1.807) is 18.1 Å². The third-order valence-corrected chi connectivity index (χ3v) is 6.35. The van der Waals surface area contributed by atoms with E-state index in [1.165, 1.54) is 11.3 Å². The third kappa shape index (κ3) is 4.49. The molecule has 162 valence electrons. The maximum Gasteiger partial charge on any atom is 0.329 e. The summed E-state index contributed by atoms with van der Waals surface area (Å²) in [6.07, 6.45) is 1.29. The SMILES string of the molecule is COC[C@@H](C)n1c(C)cc(C(=O)COC(=O)[C@H]2CCCN2C(=O)c2cccs2)c1C. The number of hydrogen-bond donors (Lipinski definition) is 0. The van der Waals surface area contributed by atoms with E-state index in [1.807, 2.05) is 38.3 Å². The number of carbonyl (C=O) groups excluding carboxylic acids is 3. The van der Waals surface area contributed by atoms with Crippen LogP contribution in [-0.2, 0) is 14.3 Å². The van der Waals surface area contributed by atoms with Crippen LogP contribution in [0.25, 0.3) is 0 Å². The van der Waals surface area contributed by atoms with Crippen LogP contribution < -0.4 is 0 Å². The number of ether oxygens (including phenoxy) is 2. The Labute approximate surface area is 180 Å². The highest BCUT2D eigenvalue weighted by Crippen LogP contribution is 2.24. The smallest absolute Gasteiger partial charge is 0.329 e. The normalized spacial score (nSPS) is 17.2. The van der Waals surface area contributed by atoms with E-state index in [9.17, 15) is 14.4 Å². The van der Waals surface area contributed by atoms with Crippen LogP contribution in [0.4, 0.5) is 0 Å². The zero-order chi connectivity index (χ0) is 21.8. The highest BCUT2D eigenvalue weighted by atomic mass is 32.1. The Balaban J connectivity index is 1.64. The summed E-state index contributed by atoms with van der Waals surface area (Å²) in [4.78, 5) is 40.1. The van der Waals surface area contributed by atoms with Gasteiger partial charge in [-0.05, 0) is 51.1 Å². The molecule has 0 spiro atoms. The predicted octanol–water partition coefficient (Wildman–Crippen LogP) is 3.40. The van der Waals surface area contributed by atoms with E-state index < -0.39 is 12.0 Å². The number of aromatic nitrogens is 1. The molecule has 7 nitrogen and oxygen atoms in total. The highest BCUT2D eigenvalue weighted by molar-refractivity contribution is 7.12. The van der Waals surface area contributed by atoms with Crippen LogP contribution in [-0.4, -0.2) is 60.0 Å². The van der Waals surface area contributed by atoms with E-state index in [-0.39, 0.29) is 24.3 Å². The average Bonchev–Trinajstić information content (AvgIpc) is 3.46. The Morgan fingerprint density at radius 3 is 2.73 bits per heavy atom. The minimum atomic E-state index is -0.637. The van der Waals surface area contributed by atoms with Gasteiger partial charge in [0.05, 0.1) is 17.5 Å². The Kier molecular flexibility index (Phi) is 7.10. The lowest BCUT2D eigenvalue weighted by Crippen LogP contribution is -2.41. The van der Waals surface area contributed by atoms with Gasteiger partial charge in [-0.1, -0.05) is 6.07 Å². The number of hydrogen-bond acceptors (Lipinski definition) is 6. The Bertz CT molecular complexity index is 918. The average molecular weight is 433 g/mol. The fourth-order valence-electron chi connectivity index (χ4n) is 4.16. The molecule has 0 radical (unpaired) electrons. The van der Waals surface area contributed by atoms with Crippen LogP contribution in [0.15, 0.2) is 23.6 Å². The second kappa shape index (κ2) is 9.57. The van der Waals surface area contributed by atoms with Crippen molar-refractivity contribution in [1.29, 1.82) is 0 Å². The molecule has 0 bridgehead atoms. The molecule has 1 aliphatic heterocycles.